The summed E-state index contributed by atoms with van der Waals surface area (Å²) >= 11 is 0. The number of likely N-dealkylation sites (tertiary alicyclic amines) is 2. The summed E-state index contributed by atoms with van der Waals surface area (Å²) in [7, 11) is 0. The lowest BCUT2D eigenvalue weighted by Crippen LogP contribution is -2.41. The molecule has 6 nitrogen and oxygen atoms in total. The molecule has 4 rings (SSSR count). The van der Waals surface area contributed by atoms with E-state index in [2.05, 4.69) is 35.2 Å². The summed E-state index contributed by atoms with van der Waals surface area (Å²) in [6.45, 7) is 6.41. The van der Waals surface area contributed by atoms with Crippen LogP contribution in [-0.4, -0.2) is 67.2 Å². The molecule has 3 heterocycles. The zero-order chi connectivity index (χ0) is 19.3. The molecule has 3 aliphatic heterocycles. The van der Waals surface area contributed by atoms with Crippen molar-refractivity contribution < 1.29 is 19.0 Å². The van der Waals surface area contributed by atoms with Gasteiger partial charge in [-0.25, -0.2) is 4.79 Å². The van der Waals surface area contributed by atoms with Gasteiger partial charge in [-0.1, -0.05) is 30.3 Å². The highest BCUT2D eigenvalue weighted by molar-refractivity contribution is 5.68. The molecular weight excluding hydrogens is 356 g/mol. The fourth-order valence-electron chi connectivity index (χ4n) is 4.94. The number of nitrogens with zero attached hydrogens (tertiary/aromatic N) is 2. The minimum atomic E-state index is -0.169. The Balaban J connectivity index is 1.42. The molecule has 0 N–H and O–H groups in total. The van der Waals surface area contributed by atoms with Crippen LogP contribution in [-0.2, 0) is 20.8 Å². The third-order valence-electron chi connectivity index (χ3n) is 6.24. The maximum atomic E-state index is 12.2. The van der Waals surface area contributed by atoms with Crippen LogP contribution in [0.1, 0.15) is 38.2 Å². The zero-order valence-corrected chi connectivity index (χ0v) is 16.8. The van der Waals surface area contributed by atoms with Gasteiger partial charge >= 0.3 is 6.09 Å². The van der Waals surface area contributed by atoms with Crippen LogP contribution in [0.5, 0.6) is 0 Å². The Bertz CT molecular complexity index is 635. The van der Waals surface area contributed by atoms with E-state index in [-0.39, 0.29) is 12.4 Å². The molecule has 3 saturated heterocycles. The van der Waals surface area contributed by atoms with Crippen LogP contribution in [0.3, 0.4) is 0 Å². The van der Waals surface area contributed by atoms with Crippen molar-refractivity contribution in [3.05, 3.63) is 35.9 Å². The van der Waals surface area contributed by atoms with Crippen LogP contribution in [0.15, 0.2) is 30.3 Å². The Morgan fingerprint density at radius 3 is 2.68 bits per heavy atom. The number of carbonyl (C=O) groups is 1. The minimum absolute atomic E-state index is 0.0520. The third-order valence-corrected chi connectivity index (χ3v) is 6.24. The van der Waals surface area contributed by atoms with Gasteiger partial charge in [0.15, 0.2) is 6.29 Å². The van der Waals surface area contributed by atoms with Crippen molar-refractivity contribution in [2.45, 2.75) is 57.5 Å². The number of fused-ring (bicyclic) bond motifs is 1. The highest BCUT2D eigenvalue weighted by Crippen LogP contribution is 2.39. The van der Waals surface area contributed by atoms with E-state index in [1.807, 2.05) is 11.8 Å². The van der Waals surface area contributed by atoms with E-state index >= 15 is 0 Å². The smallest absolute Gasteiger partial charge is 0.409 e. The molecule has 1 aromatic carbocycles. The molecule has 154 valence electrons. The molecule has 0 radical (unpaired) electrons. The first-order valence-electron chi connectivity index (χ1n) is 10.7. The molecule has 6 heteroatoms. The molecule has 28 heavy (non-hydrogen) atoms. The lowest BCUT2D eigenvalue weighted by molar-refractivity contribution is -0.182. The summed E-state index contributed by atoms with van der Waals surface area (Å²) in [5.41, 5.74) is 1.33. The maximum Gasteiger partial charge on any atom is 0.409 e. The normalized spacial score (nSPS) is 28.5. The SMILES string of the molecule is CCOC(=O)N1C[C@@H]2C[C@@H](CCC3OCCCO3)N(Cc3ccccc3)[C@@H]2C1. The van der Waals surface area contributed by atoms with Gasteiger partial charge in [0.05, 0.1) is 19.8 Å². The van der Waals surface area contributed by atoms with E-state index < -0.39 is 0 Å². The molecule has 1 aromatic rings. The quantitative estimate of drug-likeness (QED) is 0.749. The Morgan fingerprint density at radius 1 is 1.14 bits per heavy atom. The van der Waals surface area contributed by atoms with Gasteiger partial charge < -0.3 is 19.1 Å². The molecule has 0 aromatic heterocycles. The number of benzene rings is 1. The van der Waals surface area contributed by atoms with Crippen LogP contribution in [0, 0.1) is 5.92 Å². The molecule has 0 unspecified atom stereocenters. The molecule has 0 aliphatic carbocycles. The Kier molecular flexibility index (Phi) is 6.50. The number of amides is 1. The van der Waals surface area contributed by atoms with E-state index in [0.717, 1.165) is 58.5 Å². The Morgan fingerprint density at radius 2 is 1.93 bits per heavy atom. The number of carbonyl (C=O) groups excluding carboxylic acids is 1. The van der Waals surface area contributed by atoms with Crippen molar-refractivity contribution in [1.29, 1.82) is 0 Å². The molecule has 3 fully saturated rings. The first-order valence-corrected chi connectivity index (χ1v) is 10.7. The average Bonchev–Trinajstić information content (AvgIpc) is 3.27. The predicted molar refractivity (Wildman–Crippen MR) is 106 cm³/mol. The Hall–Kier alpha value is -1.63. The van der Waals surface area contributed by atoms with Gasteiger partial charge in [-0.05, 0) is 44.1 Å². The summed E-state index contributed by atoms with van der Waals surface area (Å²) in [5, 5.41) is 0. The highest BCUT2D eigenvalue weighted by Gasteiger charge is 2.47. The highest BCUT2D eigenvalue weighted by atomic mass is 16.7. The van der Waals surface area contributed by atoms with Crippen LogP contribution < -0.4 is 0 Å². The van der Waals surface area contributed by atoms with Gasteiger partial charge in [-0.15, -0.1) is 0 Å². The van der Waals surface area contributed by atoms with Crippen molar-refractivity contribution in [2.24, 2.45) is 5.92 Å². The largest absolute Gasteiger partial charge is 0.450 e. The van der Waals surface area contributed by atoms with E-state index in [1.165, 1.54) is 5.56 Å². The average molecular weight is 389 g/mol. The summed E-state index contributed by atoms with van der Waals surface area (Å²) < 4.78 is 16.7. The summed E-state index contributed by atoms with van der Waals surface area (Å²) in [5.74, 6) is 0.520. The van der Waals surface area contributed by atoms with E-state index in [0.29, 0.717) is 24.6 Å². The maximum absolute atomic E-state index is 12.2. The van der Waals surface area contributed by atoms with E-state index in [9.17, 15) is 4.79 Å². The second kappa shape index (κ2) is 9.25. The molecular formula is C22H32N2O4. The summed E-state index contributed by atoms with van der Waals surface area (Å²) in [4.78, 5) is 16.7. The molecule has 0 saturated carbocycles. The molecule has 3 atom stereocenters. The first kappa shape index (κ1) is 19.7. The van der Waals surface area contributed by atoms with Crippen molar-refractivity contribution in [2.75, 3.05) is 32.9 Å². The third kappa shape index (κ3) is 4.50. The second-order valence-electron chi connectivity index (χ2n) is 8.08. The van der Waals surface area contributed by atoms with Crippen molar-refractivity contribution >= 4 is 6.09 Å². The topological polar surface area (TPSA) is 51.2 Å². The molecule has 1 amide bonds. The lowest BCUT2D eigenvalue weighted by Gasteiger charge is -2.32. The fourth-order valence-corrected chi connectivity index (χ4v) is 4.94. The molecule has 3 aliphatic rings. The van der Waals surface area contributed by atoms with Crippen LogP contribution in [0.25, 0.3) is 0 Å². The number of ether oxygens (including phenoxy) is 3. The number of hydrogen-bond acceptors (Lipinski definition) is 5. The van der Waals surface area contributed by atoms with Crippen LogP contribution >= 0.6 is 0 Å². The van der Waals surface area contributed by atoms with Gasteiger partial charge in [-0.2, -0.15) is 0 Å². The zero-order valence-electron chi connectivity index (χ0n) is 16.8. The van der Waals surface area contributed by atoms with Crippen molar-refractivity contribution in [3.63, 3.8) is 0 Å². The summed E-state index contributed by atoms with van der Waals surface area (Å²) in [6, 6.07) is 11.5. The van der Waals surface area contributed by atoms with Crippen molar-refractivity contribution in [3.8, 4) is 0 Å². The number of rotatable bonds is 6. The van der Waals surface area contributed by atoms with Gasteiger partial charge in [0.25, 0.3) is 0 Å². The van der Waals surface area contributed by atoms with Gasteiger partial charge in [-0.3, -0.25) is 4.90 Å². The monoisotopic (exact) mass is 388 g/mol. The minimum Gasteiger partial charge on any atom is -0.450 e. The molecule has 0 bridgehead atoms. The van der Waals surface area contributed by atoms with E-state index in [1.54, 1.807) is 0 Å². The first-order chi connectivity index (χ1) is 13.7. The summed E-state index contributed by atoms with van der Waals surface area (Å²) in [6.07, 6.45) is 3.91. The van der Waals surface area contributed by atoms with Gasteiger partial charge in [0, 0.05) is 31.7 Å². The van der Waals surface area contributed by atoms with Crippen LogP contribution in [0.4, 0.5) is 4.79 Å². The second-order valence-corrected chi connectivity index (χ2v) is 8.08. The number of hydrogen-bond donors (Lipinski definition) is 0. The van der Waals surface area contributed by atoms with Crippen molar-refractivity contribution in [1.82, 2.24) is 9.80 Å². The van der Waals surface area contributed by atoms with Gasteiger partial charge in [0.2, 0.25) is 0 Å². The van der Waals surface area contributed by atoms with E-state index in [4.69, 9.17) is 14.2 Å². The fraction of sp³-hybridized carbons (Fsp3) is 0.682. The Labute approximate surface area is 167 Å². The standard InChI is InChI=1S/C22H32N2O4/c1-2-26-22(25)23-15-18-13-19(9-10-21-27-11-6-12-28-21)24(20(18)16-23)14-17-7-4-3-5-8-17/h3-5,7-8,18-21H,2,6,9-16H2,1H3/t18-,19+,20+/m0/s1. The lowest BCUT2D eigenvalue weighted by atomic mass is 10.0. The van der Waals surface area contributed by atoms with Crippen LogP contribution in [0.2, 0.25) is 0 Å². The predicted octanol–water partition coefficient (Wildman–Crippen LogP) is 3.26. The molecule has 0 spiro atoms. The van der Waals surface area contributed by atoms with Gasteiger partial charge in [0.1, 0.15) is 0 Å².